The van der Waals surface area contributed by atoms with Gasteiger partial charge in [0.2, 0.25) is 0 Å². The minimum Gasteiger partial charge on any atom is -0.487 e. The molecule has 0 radical (unpaired) electrons. The maximum Gasteiger partial charge on any atom is 0.173 e. The molecule has 0 aliphatic heterocycles. The molecule has 2 N–H and O–H groups in total. The number of nitrogens with one attached hydrogen (secondary N) is 1. The molecule has 1 unspecified atom stereocenters. The fraction of sp³-hybridized carbons (Fsp3) is 0.250. The number of ether oxygens (including phenoxy) is 1. The summed E-state index contributed by atoms with van der Waals surface area (Å²) in [6.45, 7) is 9.36. The molecule has 1 heterocycles. The van der Waals surface area contributed by atoms with E-state index >= 15 is 4.48 Å². The van der Waals surface area contributed by atoms with Crippen LogP contribution in [-0.4, -0.2) is 23.3 Å². The molecule has 3 rings (SSSR count). The molecular formula is C28H32FN3O2. The molecule has 5 nitrogen and oxygen atoms in total. The van der Waals surface area contributed by atoms with Gasteiger partial charge in [-0.15, -0.1) is 5.23 Å². The minimum atomic E-state index is -0.680. The van der Waals surface area contributed by atoms with Crippen LogP contribution in [0.5, 0.6) is 5.75 Å². The average Bonchev–Trinajstić information content (AvgIpc) is 2.87. The van der Waals surface area contributed by atoms with Gasteiger partial charge in [-0.2, -0.15) is 5.43 Å². The molecule has 1 aromatic heterocycles. The molecule has 0 saturated heterocycles. The fourth-order valence-electron chi connectivity index (χ4n) is 3.76. The predicted octanol–water partition coefficient (Wildman–Crippen LogP) is 6.27. The molecule has 6 heteroatoms. The zero-order valence-corrected chi connectivity index (χ0v) is 20.0. The van der Waals surface area contributed by atoms with Gasteiger partial charge in [-0.3, -0.25) is 0 Å². The molecule has 0 fully saturated rings. The van der Waals surface area contributed by atoms with Crippen molar-refractivity contribution in [3.05, 3.63) is 96.7 Å². The number of rotatable bonds is 11. The van der Waals surface area contributed by atoms with E-state index in [9.17, 15) is 5.11 Å². The Balaban J connectivity index is 2.23. The van der Waals surface area contributed by atoms with Crippen molar-refractivity contribution in [2.75, 3.05) is 18.4 Å². The van der Waals surface area contributed by atoms with Gasteiger partial charge in [0.25, 0.3) is 0 Å². The molecule has 0 aliphatic carbocycles. The van der Waals surface area contributed by atoms with Crippen LogP contribution in [-0.2, 0) is 5.54 Å². The molecular weight excluding hydrogens is 429 g/mol. The van der Waals surface area contributed by atoms with Crippen molar-refractivity contribution in [1.29, 1.82) is 0 Å². The largest absolute Gasteiger partial charge is 0.487 e. The van der Waals surface area contributed by atoms with Gasteiger partial charge in [-0.1, -0.05) is 90.8 Å². The summed E-state index contributed by atoms with van der Waals surface area (Å²) in [6.07, 6.45) is 7.81. The summed E-state index contributed by atoms with van der Waals surface area (Å²) in [5.41, 5.74) is 5.38. The van der Waals surface area contributed by atoms with Crippen LogP contribution in [0.1, 0.15) is 38.4 Å². The second-order valence-electron chi connectivity index (χ2n) is 8.01. The second-order valence-corrected chi connectivity index (χ2v) is 8.01. The Hall–Kier alpha value is -3.48. The number of benzene rings is 2. The number of halogens is 1. The van der Waals surface area contributed by atoms with Crippen molar-refractivity contribution in [3.63, 3.8) is 0 Å². The highest BCUT2D eigenvalue weighted by Crippen LogP contribution is 2.42. The number of aliphatic hydroxyl groups is 1. The van der Waals surface area contributed by atoms with E-state index < -0.39 is 5.54 Å². The van der Waals surface area contributed by atoms with Crippen LogP contribution in [0.4, 0.5) is 10.2 Å². The van der Waals surface area contributed by atoms with Crippen molar-refractivity contribution >= 4 is 22.2 Å². The number of hydrazine groups is 1. The van der Waals surface area contributed by atoms with E-state index in [1.807, 2.05) is 87.5 Å². The summed E-state index contributed by atoms with van der Waals surface area (Å²) in [4.78, 5) is 4.79. The lowest BCUT2D eigenvalue weighted by atomic mass is 9.90. The van der Waals surface area contributed by atoms with Gasteiger partial charge >= 0.3 is 0 Å². The zero-order chi connectivity index (χ0) is 24.6. The standard InChI is InChI=1S/C28H32FN3O2/c1-5-8-14-21(6-2)25-27(34-20-19-33)26(23-17-12-13-18-24(23)30-25)32(29)31-28(4,7-3)22-15-10-9-11-16-22/h5-6,8-18,31,33H,1,7,19-20H2,2-4H3/b14-8-,21-6+. The van der Waals surface area contributed by atoms with Crippen LogP contribution in [0, 0.1) is 0 Å². The normalized spacial score (nSPS) is 13.7. The highest BCUT2D eigenvalue weighted by atomic mass is 19.2. The third-order valence-corrected chi connectivity index (χ3v) is 5.81. The Morgan fingerprint density at radius 3 is 2.56 bits per heavy atom. The first kappa shape index (κ1) is 25.1. The number of pyridine rings is 1. The molecule has 3 aromatic rings. The zero-order valence-electron chi connectivity index (χ0n) is 20.0. The number of hydrogen-bond acceptors (Lipinski definition) is 5. The number of aromatic nitrogens is 1. The molecule has 178 valence electrons. The average molecular weight is 462 g/mol. The summed E-state index contributed by atoms with van der Waals surface area (Å²) < 4.78 is 22.1. The van der Waals surface area contributed by atoms with E-state index in [1.165, 1.54) is 0 Å². The Morgan fingerprint density at radius 1 is 1.21 bits per heavy atom. The van der Waals surface area contributed by atoms with Gasteiger partial charge in [0.05, 0.1) is 17.7 Å². The van der Waals surface area contributed by atoms with Gasteiger partial charge in [0, 0.05) is 5.39 Å². The van der Waals surface area contributed by atoms with Crippen molar-refractivity contribution in [3.8, 4) is 5.75 Å². The van der Waals surface area contributed by atoms with E-state index in [4.69, 9.17) is 9.72 Å². The molecule has 1 atom stereocenters. The maximum atomic E-state index is 16.2. The molecule has 0 amide bonds. The molecule has 2 aromatic carbocycles. The van der Waals surface area contributed by atoms with Crippen molar-refractivity contribution in [2.24, 2.45) is 0 Å². The highest BCUT2D eigenvalue weighted by Gasteiger charge is 2.31. The van der Waals surface area contributed by atoms with Crippen LogP contribution in [0.3, 0.4) is 0 Å². The Bertz CT molecular complexity index is 1180. The van der Waals surface area contributed by atoms with E-state index in [-0.39, 0.29) is 24.7 Å². The number of anilines is 1. The topological polar surface area (TPSA) is 57.6 Å². The third-order valence-electron chi connectivity index (χ3n) is 5.81. The number of allylic oxidation sites excluding steroid dienone is 5. The Morgan fingerprint density at radius 2 is 1.91 bits per heavy atom. The van der Waals surface area contributed by atoms with Crippen molar-refractivity contribution in [2.45, 2.75) is 32.7 Å². The van der Waals surface area contributed by atoms with E-state index in [0.717, 1.165) is 11.1 Å². The smallest absolute Gasteiger partial charge is 0.173 e. The number of aliphatic hydroxyl groups excluding tert-OH is 1. The first-order chi connectivity index (χ1) is 16.5. The van der Waals surface area contributed by atoms with Gasteiger partial charge in [-0.25, -0.2) is 4.98 Å². The van der Waals surface area contributed by atoms with Crippen LogP contribution in [0.25, 0.3) is 16.5 Å². The lowest BCUT2D eigenvalue weighted by Crippen LogP contribution is -2.47. The summed E-state index contributed by atoms with van der Waals surface area (Å²) >= 11 is 0. The molecule has 0 spiro atoms. The molecule has 0 saturated carbocycles. The molecule has 34 heavy (non-hydrogen) atoms. The fourth-order valence-corrected chi connectivity index (χ4v) is 3.76. The SMILES string of the molecule is C=C/C=C\C(=C/C)c1nc2ccccc2c(N(F)NC(C)(CC)c2ccccc2)c1OCCO. The van der Waals surface area contributed by atoms with Crippen LogP contribution >= 0.6 is 0 Å². The Kier molecular flexibility index (Phi) is 8.57. The third kappa shape index (κ3) is 5.35. The van der Waals surface area contributed by atoms with Gasteiger partial charge in [0.1, 0.15) is 18.0 Å². The van der Waals surface area contributed by atoms with Gasteiger partial charge in [0.15, 0.2) is 5.75 Å². The van der Waals surface area contributed by atoms with Gasteiger partial charge in [-0.05, 0) is 37.5 Å². The van der Waals surface area contributed by atoms with Crippen molar-refractivity contribution < 1.29 is 14.3 Å². The van der Waals surface area contributed by atoms with Gasteiger partial charge < -0.3 is 9.84 Å². The van der Waals surface area contributed by atoms with Crippen LogP contribution in [0.2, 0.25) is 0 Å². The Labute approximate surface area is 200 Å². The van der Waals surface area contributed by atoms with Crippen LogP contribution in [0.15, 0.2) is 85.5 Å². The van der Waals surface area contributed by atoms with E-state index in [2.05, 4.69) is 12.0 Å². The van der Waals surface area contributed by atoms with Crippen molar-refractivity contribution in [1.82, 2.24) is 10.4 Å². The number of nitrogens with zero attached hydrogens (tertiary/aromatic N) is 2. The van der Waals surface area contributed by atoms with Crippen LogP contribution < -0.4 is 15.4 Å². The quantitative estimate of drug-likeness (QED) is 0.200. The summed E-state index contributed by atoms with van der Waals surface area (Å²) in [5.74, 6) is 0.246. The molecule has 0 bridgehead atoms. The maximum absolute atomic E-state index is 16.2. The first-order valence-electron chi connectivity index (χ1n) is 11.4. The number of fused-ring (bicyclic) bond motifs is 1. The molecule has 0 aliphatic rings. The highest BCUT2D eigenvalue weighted by molar-refractivity contribution is 5.98. The number of para-hydroxylation sites is 1. The van der Waals surface area contributed by atoms with E-state index in [1.54, 1.807) is 12.2 Å². The van der Waals surface area contributed by atoms with E-state index in [0.29, 0.717) is 28.2 Å². The minimum absolute atomic E-state index is 0.000240. The lowest BCUT2D eigenvalue weighted by molar-refractivity contribution is 0.197. The lowest BCUT2D eigenvalue weighted by Gasteiger charge is -2.34. The summed E-state index contributed by atoms with van der Waals surface area (Å²) in [7, 11) is 0. The summed E-state index contributed by atoms with van der Waals surface area (Å²) in [5, 5.41) is 10.6. The number of hydrogen-bond donors (Lipinski definition) is 2. The monoisotopic (exact) mass is 461 g/mol. The first-order valence-corrected chi connectivity index (χ1v) is 11.4. The summed E-state index contributed by atoms with van der Waals surface area (Å²) in [6, 6.07) is 17.1. The predicted molar refractivity (Wildman–Crippen MR) is 138 cm³/mol. The second kappa shape index (κ2) is 11.6.